The first-order valence-electron chi connectivity index (χ1n) is 7.56. The normalized spacial score (nSPS) is 11.8. The zero-order valence-corrected chi connectivity index (χ0v) is 14.1. The number of hydrogen-bond acceptors (Lipinski definition) is 7. The molecular weight excluding hydrogens is 332 g/mol. The van der Waals surface area contributed by atoms with E-state index in [1.54, 1.807) is 13.8 Å². The molecule has 0 aliphatic heterocycles. The van der Waals surface area contributed by atoms with Crippen LogP contribution in [0.2, 0.25) is 0 Å². The predicted molar refractivity (Wildman–Crippen MR) is 87.3 cm³/mol. The van der Waals surface area contributed by atoms with Crippen LogP contribution in [0.1, 0.15) is 32.8 Å². The highest BCUT2D eigenvalue weighted by Gasteiger charge is 2.15. The van der Waals surface area contributed by atoms with E-state index in [0.29, 0.717) is 6.42 Å². The number of nitro benzene ring substituents is 1. The molecule has 0 radical (unpaired) electrons. The number of nitro groups is 1. The Morgan fingerprint density at radius 3 is 2.60 bits per heavy atom. The molecule has 25 heavy (non-hydrogen) atoms. The lowest BCUT2D eigenvalue weighted by atomic mass is 10.2. The first-order chi connectivity index (χ1) is 11.8. The minimum absolute atomic E-state index is 0.152. The Balaban J connectivity index is 2.88. The Morgan fingerprint density at radius 2 is 2.04 bits per heavy atom. The number of carbonyl (C=O) groups excluding carboxylic acids is 2. The van der Waals surface area contributed by atoms with Gasteiger partial charge in [-0.15, -0.1) is 0 Å². The van der Waals surface area contributed by atoms with Crippen LogP contribution in [0.15, 0.2) is 17.2 Å². The second kappa shape index (κ2) is 9.21. The average molecular weight is 351 g/mol. The molecule has 0 unspecified atom stereocenters. The number of rotatable bonds is 7. The van der Waals surface area contributed by atoms with Crippen LogP contribution in [0, 0.1) is 10.1 Å². The van der Waals surface area contributed by atoms with Crippen molar-refractivity contribution in [2.45, 2.75) is 33.2 Å². The average Bonchev–Trinajstić information content (AvgIpc) is 2.56. The van der Waals surface area contributed by atoms with E-state index in [2.05, 4.69) is 10.4 Å². The van der Waals surface area contributed by atoms with Gasteiger partial charge in [-0.05, 0) is 26.3 Å². The van der Waals surface area contributed by atoms with E-state index < -0.39 is 28.2 Å². The van der Waals surface area contributed by atoms with E-state index in [4.69, 9.17) is 4.74 Å². The summed E-state index contributed by atoms with van der Waals surface area (Å²) in [5, 5.41) is 28.8. The van der Waals surface area contributed by atoms with Crippen molar-refractivity contribution < 1.29 is 24.4 Å². The molecular formula is C15H19N4O6-. The summed E-state index contributed by atoms with van der Waals surface area (Å²) in [4.78, 5) is 33.2. The van der Waals surface area contributed by atoms with Gasteiger partial charge >= 0.3 is 11.8 Å². The van der Waals surface area contributed by atoms with Gasteiger partial charge < -0.3 is 15.2 Å². The van der Waals surface area contributed by atoms with Gasteiger partial charge in [0.25, 0.3) is 5.69 Å². The smallest absolute Gasteiger partial charge is 0.329 e. The zero-order valence-electron chi connectivity index (χ0n) is 14.1. The van der Waals surface area contributed by atoms with E-state index in [1.165, 1.54) is 6.07 Å². The molecule has 10 heteroatoms. The molecule has 0 saturated carbocycles. The lowest BCUT2D eigenvalue weighted by Gasteiger charge is -2.14. The highest BCUT2D eigenvalue weighted by Crippen LogP contribution is 2.34. The number of nitrogens with zero attached hydrogens (tertiary/aromatic N) is 2. The number of nitrogens with one attached hydrogen (secondary N) is 2. The van der Waals surface area contributed by atoms with E-state index in [-0.39, 0.29) is 24.0 Å². The molecule has 1 atom stereocenters. The van der Waals surface area contributed by atoms with Crippen molar-refractivity contribution in [1.82, 2.24) is 10.7 Å². The Bertz CT molecular complexity index is 689. The van der Waals surface area contributed by atoms with Crippen LogP contribution >= 0.6 is 0 Å². The first kappa shape index (κ1) is 19.9. The van der Waals surface area contributed by atoms with E-state index >= 15 is 0 Å². The van der Waals surface area contributed by atoms with Crippen molar-refractivity contribution in [3.8, 4) is 11.5 Å². The van der Waals surface area contributed by atoms with E-state index in [0.717, 1.165) is 12.3 Å². The van der Waals surface area contributed by atoms with Crippen molar-refractivity contribution in [3.05, 3.63) is 27.8 Å². The Labute approximate surface area is 144 Å². The van der Waals surface area contributed by atoms with Gasteiger partial charge in [-0.1, -0.05) is 6.92 Å². The van der Waals surface area contributed by atoms with Crippen molar-refractivity contribution in [1.29, 1.82) is 0 Å². The van der Waals surface area contributed by atoms with Gasteiger partial charge in [-0.2, -0.15) is 5.10 Å². The minimum atomic E-state index is -0.975. The molecule has 2 amide bonds. The van der Waals surface area contributed by atoms with Crippen LogP contribution in [-0.2, 0) is 9.59 Å². The van der Waals surface area contributed by atoms with E-state index in [9.17, 15) is 24.8 Å². The Kier molecular flexibility index (Phi) is 7.32. The molecule has 1 rings (SSSR count). The third kappa shape index (κ3) is 5.75. The van der Waals surface area contributed by atoms with Crippen LogP contribution in [0.25, 0.3) is 0 Å². The number of hydrazone groups is 1. The van der Waals surface area contributed by atoms with Crippen molar-refractivity contribution in [2.75, 3.05) is 6.61 Å². The third-order valence-electron chi connectivity index (χ3n) is 3.13. The Morgan fingerprint density at radius 1 is 1.36 bits per heavy atom. The molecule has 1 aromatic carbocycles. The monoisotopic (exact) mass is 351 g/mol. The lowest BCUT2D eigenvalue weighted by molar-refractivity contribution is -0.398. The molecule has 0 aromatic heterocycles. The summed E-state index contributed by atoms with van der Waals surface area (Å²) < 4.78 is 5.06. The molecule has 0 aliphatic carbocycles. The second-order valence-electron chi connectivity index (χ2n) is 5.04. The standard InChI is InChI=1S/C15H20N4O6/c1-4-9(3)17-14(21)15(22)18-16-8-10-6-11(19(23)24)13(20)12(7-10)25-5-2/h6-9,20H,4-5H2,1-3H3,(H,17,21)(H,18,22)/p-1/b16-8-/t9-/m1/s1. The van der Waals surface area contributed by atoms with Crippen LogP contribution < -0.4 is 20.6 Å². The maximum Gasteiger partial charge on any atom is 0.329 e. The number of amides is 2. The number of hydrogen-bond donors (Lipinski definition) is 2. The van der Waals surface area contributed by atoms with Crippen LogP contribution in [-0.4, -0.2) is 35.6 Å². The summed E-state index contributed by atoms with van der Waals surface area (Å²) in [6.07, 6.45) is 1.73. The third-order valence-corrected chi connectivity index (χ3v) is 3.13. The van der Waals surface area contributed by atoms with Gasteiger partial charge in [-0.25, -0.2) is 5.43 Å². The number of ether oxygens (including phenoxy) is 1. The molecule has 0 heterocycles. The zero-order chi connectivity index (χ0) is 19.0. The minimum Gasteiger partial charge on any atom is -0.865 e. The predicted octanol–water partition coefficient (Wildman–Crippen LogP) is 0.432. The molecule has 0 saturated heterocycles. The molecule has 0 bridgehead atoms. The lowest BCUT2D eigenvalue weighted by Crippen LogP contribution is -2.41. The van der Waals surface area contributed by atoms with Crippen molar-refractivity contribution in [2.24, 2.45) is 5.10 Å². The number of carbonyl (C=O) groups is 2. The van der Waals surface area contributed by atoms with E-state index in [1.807, 2.05) is 12.3 Å². The van der Waals surface area contributed by atoms with Gasteiger partial charge in [0.05, 0.1) is 17.7 Å². The molecule has 2 N–H and O–H groups in total. The van der Waals surface area contributed by atoms with Crippen molar-refractivity contribution in [3.63, 3.8) is 0 Å². The highest BCUT2D eigenvalue weighted by atomic mass is 16.6. The summed E-state index contributed by atoms with van der Waals surface area (Å²) in [6.45, 7) is 5.37. The summed E-state index contributed by atoms with van der Waals surface area (Å²) in [5.74, 6) is -2.86. The van der Waals surface area contributed by atoms with Crippen LogP contribution in [0.4, 0.5) is 5.69 Å². The van der Waals surface area contributed by atoms with Crippen LogP contribution in [0.5, 0.6) is 11.5 Å². The fourth-order valence-corrected chi connectivity index (χ4v) is 1.69. The quantitative estimate of drug-likeness (QED) is 0.315. The van der Waals surface area contributed by atoms with Crippen molar-refractivity contribution >= 4 is 23.7 Å². The molecule has 0 aliphatic rings. The summed E-state index contributed by atoms with van der Waals surface area (Å²) in [7, 11) is 0. The fourth-order valence-electron chi connectivity index (χ4n) is 1.69. The summed E-state index contributed by atoms with van der Waals surface area (Å²) >= 11 is 0. The maximum absolute atomic E-state index is 11.8. The van der Waals surface area contributed by atoms with Gasteiger partial charge in [0.2, 0.25) is 0 Å². The molecule has 0 spiro atoms. The van der Waals surface area contributed by atoms with Gasteiger partial charge in [0, 0.05) is 23.4 Å². The summed E-state index contributed by atoms with van der Waals surface area (Å²) in [6, 6.07) is 2.09. The topological polar surface area (TPSA) is 146 Å². The molecule has 0 fully saturated rings. The summed E-state index contributed by atoms with van der Waals surface area (Å²) in [5.41, 5.74) is 1.50. The molecule has 10 nitrogen and oxygen atoms in total. The fraction of sp³-hybridized carbons (Fsp3) is 0.400. The maximum atomic E-state index is 11.8. The molecule has 136 valence electrons. The SMILES string of the molecule is CCOc1cc(/C=N\NC(=O)C(=O)N[C@H](C)CC)cc([N+](=O)[O-])c1[O-]. The second-order valence-corrected chi connectivity index (χ2v) is 5.04. The first-order valence-corrected chi connectivity index (χ1v) is 7.56. The molecule has 1 aromatic rings. The van der Waals surface area contributed by atoms with Crippen LogP contribution in [0.3, 0.4) is 0 Å². The number of benzene rings is 1. The van der Waals surface area contributed by atoms with Gasteiger partial charge in [0.1, 0.15) is 5.75 Å². The largest absolute Gasteiger partial charge is 0.865 e. The Hall–Kier alpha value is -3.17. The highest BCUT2D eigenvalue weighted by molar-refractivity contribution is 6.35. The van der Waals surface area contributed by atoms with Gasteiger partial charge in [0.15, 0.2) is 0 Å². The van der Waals surface area contributed by atoms with Gasteiger partial charge in [-0.3, -0.25) is 19.7 Å².